The number of furan rings is 1. The highest BCUT2D eigenvalue weighted by atomic mass is 19.1. The van der Waals surface area contributed by atoms with Gasteiger partial charge in [-0.15, -0.1) is 0 Å². The second kappa shape index (κ2) is 12.6. The summed E-state index contributed by atoms with van der Waals surface area (Å²) in [5, 5.41) is 0. The molecule has 4 aromatic rings. The standard InChI is InChI=1S/C33H33FN2O4/c1-2-35-20-10-11-21-36(33(38)31-19-18-30(40-31)26-14-6-8-16-28(26)34)25(22-24-12-4-3-5-13-24)23-39-29-17-9-7-15-27(29)32(35)37/h3-9,12-19,25H,2,10-11,20-23H2,1H3/t25-/m0/s1. The van der Waals surface area contributed by atoms with Crippen molar-refractivity contribution < 1.29 is 23.1 Å². The number of fused-ring (bicyclic) bond motifs is 1. The number of hydrogen-bond acceptors (Lipinski definition) is 4. The minimum atomic E-state index is -0.411. The predicted molar refractivity (Wildman–Crippen MR) is 152 cm³/mol. The summed E-state index contributed by atoms with van der Waals surface area (Å²) in [6, 6.07) is 26.5. The fraction of sp³-hybridized carbons (Fsp3) is 0.273. The van der Waals surface area contributed by atoms with Gasteiger partial charge in [-0.1, -0.05) is 54.6 Å². The van der Waals surface area contributed by atoms with Gasteiger partial charge in [-0.2, -0.15) is 0 Å². The summed E-state index contributed by atoms with van der Waals surface area (Å²) >= 11 is 0. The summed E-state index contributed by atoms with van der Waals surface area (Å²) in [6.07, 6.45) is 2.00. The molecule has 7 heteroatoms. The zero-order chi connectivity index (χ0) is 27.9. The third-order valence-corrected chi connectivity index (χ3v) is 7.27. The van der Waals surface area contributed by atoms with Crippen LogP contribution in [0.1, 0.15) is 46.2 Å². The van der Waals surface area contributed by atoms with E-state index in [1.54, 1.807) is 47.4 Å². The van der Waals surface area contributed by atoms with Crippen molar-refractivity contribution in [3.63, 3.8) is 0 Å². The summed E-state index contributed by atoms with van der Waals surface area (Å²) < 4.78 is 26.6. The molecule has 1 aromatic heterocycles. The summed E-state index contributed by atoms with van der Waals surface area (Å²) in [7, 11) is 0. The highest BCUT2D eigenvalue weighted by Gasteiger charge is 2.29. The Morgan fingerprint density at radius 3 is 2.35 bits per heavy atom. The van der Waals surface area contributed by atoms with Crippen LogP contribution in [0.2, 0.25) is 0 Å². The van der Waals surface area contributed by atoms with Gasteiger partial charge in [-0.3, -0.25) is 9.59 Å². The SMILES string of the molecule is CCN1CCCCN(C(=O)c2ccc(-c3ccccc3F)o2)[C@@H](Cc2ccccc2)COc2ccccc2C1=O. The number of hydrogen-bond donors (Lipinski definition) is 0. The van der Waals surface area contributed by atoms with Gasteiger partial charge in [0.15, 0.2) is 5.76 Å². The van der Waals surface area contributed by atoms with Gasteiger partial charge in [-0.05, 0) is 68.1 Å². The molecule has 0 N–H and O–H groups in total. The van der Waals surface area contributed by atoms with E-state index in [0.717, 1.165) is 12.0 Å². The van der Waals surface area contributed by atoms with Crippen LogP contribution in [0.3, 0.4) is 0 Å². The molecule has 2 heterocycles. The van der Waals surface area contributed by atoms with Crippen molar-refractivity contribution in [1.82, 2.24) is 9.80 Å². The van der Waals surface area contributed by atoms with Crippen LogP contribution in [0, 0.1) is 5.82 Å². The molecule has 5 rings (SSSR count). The van der Waals surface area contributed by atoms with Gasteiger partial charge in [0.25, 0.3) is 11.8 Å². The Kier molecular flexibility index (Phi) is 8.59. The van der Waals surface area contributed by atoms with E-state index in [0.29, 0.717) is 55.1 Å². The lowest BCUT2D eigenvalue weighted by molar-refractivity contribution is 0.0559. The van der Waals surface area contributed by atoms with E-state index >= 15 is 0 Å². The number of para-hydroxylation sites is 1. The molecule has 3 aromatic carbocycles. The fourth-order valence-electron chi connectivity index (χ4n) is 5.11. The maximum atomic E-state index is 14.4. The monoisotopic (exact) mass is 540 g/mol. The Labute approximate surface area is 234 Å². The molecule has 2 amide bonds. The van der Waals surface area contributed by atoms with Gasteiger partial charge in [0.2, 0.25) is 0 Å². The summed E-state index contributed by atoms with van der Waals surface area (Å²) in [5.41, 5.74) is 1.89. The van der Waals surface area contributed by atoms with Crippen molar-refractivity contribution in [1.29, 1.82) is 0 Å². The lowest BCUT2D eigenvalue weighted by Crippen LogP contribution is -2.46. The Balaban J connectivity index is 1.49. The van der Waals surface area contributed by atoms with E-state index in [4.69, 9.17) is 9.15 Å². The van der Waals surface area contributed by atoms with Gasteiger partial charge < -0.3 is 19.0 Å². The molecule has 0 fully saturated rings. The smallest absolute Gasteiger partial charge is 0.289 e. The van der Waals surface area contributed by atoms with Crippen molar-refractivity contribution in [3.05, 3.63) is 114 Å². The Morgan fingerprint density at radius 1 is 0.875 bits per heavy atom. The van der Waals surface area contributed by atoms with Crippen LogP contribution in [0.15, 0.2) is 95.4 Å². The average Bonchev–Trinajstić information content (AvgIpc) is 3.47. The lowest BCUT2D eigenvalue weighted by atomic mass is 10.0. The van der Waals surface area contributed by atoms with E-state index in [1.165, 1.54) is 6.07 Å². The Morgan fingerprint density at radius 2 is 1.57 bits per heavy atom. The van der Waals surface area contributed by atoms with Crippen LogP contribution in [-0.4, -0.2) is 53.9 Å². The predicted octanol–water partition coefficient (Wildman–Crippen LogP) is 6.47. The van der Waals surface area contributed by atoms with Gasteiger partial charge in [0.05, 0.1) is 17.2 Å². The minimum Gasteiger partial charge on any atom is -0.491 e. The average molecular weight is 541 g/mol. The zero-order valence-electron chi connectivity index (χ0n) is 22.6. The first kappa shape index (κ1) is 27.2. The van der Waals surface area contributed by atoms with E-state index in [1.807, 2.05) is 54.3 Å². The molecular formula is C33H33FN2O4. The number of carbonyl (C=O) groups excluding carboxylic acids is 2. The van der Waals surface area contributed by atoms with E-state index in [-0.39, 0.29) is 30.2 Å². The van der Waals surface area contributed by atoms with Crippen molar-refractivity contribution in [3.8, 4) is 17.1 Å². The van der Waals surface area contributed by atoms with E-state index in [9.17, 15) is 14.0 Å². The third-order valence-electron chi connectivity index (χ3n) is 7.27. The molecule has 1 aliphatic rings. The number of nitrogens with zero attached hydrogens (tertiary/aromatic N) is 2. The molecule has 40 heavy (non-hydrogen) atoms. The minimum absolute atomic E-state index is 0.0533. The molecule has 0 aliphatic carbocycles. The molecule has 0 spiro atoms. The second-order valence-electron chi connectivity index (χ2n) is 9.88. The first-order chi connectivity index (χ1) is 19.5. The van der Waals surface area contributed by atoms with Crippen LogP contribution < -0.4 is 4.74 Å². The quantitative estimate of drug-likeness (QED) is 0.291. The first-order valence-corrected chi connectivity index (χ1v) is 13.8. The van der Waals surface area contributed by atoms with Crippen LogP contribution in [0.5, 0.6) is 5.75 Å². The molecule has 0 radical (unpaired) electrons. The highest BCUT2D eigenvalue weighted by molar-refractivity contribution is 5.97. The summed E-state index contributed by atoms with van der Waals surface area (Å²) in [6.45, 7) is 3.77. The van der Waals surface area contributed by atoms with Crippen LogP contribution in [0.4, 0.5) is 4.39 Å². The first-order valence-electron chi connectivity index (χ1n) is 13.8. The fourth-order valence-corrected chi connectivity index (χ4v) is 5.11. The molecule has 0 bridgehead atoms. The number of carbonyl (C=O) groups is 2. The van der Waals surface area contributed by atoms with Crippen LogP contribution in [-0.2, 0) is 6.42 Å². The largest absolute Gasteiger partial charge is 0.491 e. The molecule has 1 aliphatic heterocycles. The van der Waals surface area contributed by atoms with Crippen molar-refractivity contribution in [2.75, 3.05) is 26.2 Å². The summed E-state index contributed by atoms with van der Waals surface area (Å²) in [5.74, 6) is 0.207. The van der Waals surface area contributed by atoms with E-state index in [2.05, 4.69) is 0 Å². The van der Waals surface area contributed by atoms with Crippen molar-refractivity contribution >= 4 is 11.8 Å². The van der Waals surface area contributed by atoms with Gasteiger partial charge in [0, 0.05) is 19.6 Å². The van der Waals surface area contributed by atoms with Crippen LogP contribution in [0.25, 0.3) is 11.3 Å². The maximum absolute atomic E-state index is 14.4. The number of rotatable bonds is 5. The molecule has 0 saturated heterocycles. The molecule has 206 valence electrons. The van der Waals surface area contributed by atoms with Gasteiger partial charge >= 0.3 is 0 Å². The third kappa shape index (κ3) is 6.09. The normalized spacial score (nSPS) is 16.4. The molecule has 0 unspecified atom stereocenters. The number of ether oxygens (including phenoxy) is 1. The molecular weight excluding hydrogens is 507 g/mol. The zero-order valence-corrected chi connectivity index (χ0v) is 22.6. The highest BCUT2D eigenvalue weighted by Crippen LogP contribution is 2.27. The molecule has 1 atom stereocenters. The molecule has 0 saturated carbocycles. The summed E-state index contributed by atoms with van der Waals surface area (Å²) in [4.78, 5) is 30.9. The number of halogens is 1. The van der Waals surface area contributed by atoms with Crippen LogP contribution >= 0.6 is 0 Å². The van der Waals surface area contributed by atoms with Gasteiger partial charge in [-0.25, -0.2) is 4.39 Å². The maximum Gasteiger partial charge on any atom is 0.289 e. The van der Waals surface area contributed by atoms with E-state index < -0.39 is 5.82 Å². The van der Waals surface area contributed by atoms with Crippen molar-refractivity contribution in [2.24, 2.45) is 0 Å². The Hall–Kier alpha value is -4.39. The second-order valence-corrected chi connectivity index (χ2v) is 9.88. The Bertz CT molecular complexity index is 1450. The number of benzene rings is 3. The topological polar surface area (TPSA) is 63.0 Å². The lowest BCUT2D eigenvalue weighted by Gasteiger charge is -2.33. The molecule has 6 nitrogen and oxygen atoms in total. The van der Waals surface area contributed by atoms with Gasteiger partial charge in [0.1, 0.15) is 23.9 Å². The number of amides is 2. The van der Waals surface area contributed by atoms with Crippen molar-refractivity contribution in [2.45, 2.75) is 32.2 Å².